The molecule has 3 aromatic rings. The molecule has 0 saturated heterocycles. The van der Waals surface area contributed by atoms with E-state index in [0.717, 1.165) is 28.2 Å². The molecule has 4 rings (SSSR count). The molecular weight excluding hydrogens is 359 g/mol. The number of benzene rings is 2. The fraction of sp³-hybridized carbons (Fsp3) is 0.167. The largest absolute Gasteiger partial charge is 0.241 e. The minimum atomic E-state index is -3.66. The van der Waals surface area contributed by atoms with E-state index in [1.54, 1.807) is 29.5 Å². The van der Waals surface area contributed by atoms with E-state index in [0.29, 0.717) is 11.8 Å². The highest BCUT2D eigenvalue weighted by molar-refractivity contribution is 7.89. The molecule has 1 heterocycles. The Kier molecular flexibility index (Phi) is 3.94. The van der Waals surface area contributed by atoms with Crippen LogP contribution < -0.4 is 5.14 Å². The molecule has 0 amide bonds. The van der Waals surface area contributed by atoms with Gasteiger partial charge < -0.3 is 0 Å². The first-order chi connectivity index (χ1) is 11.9. The van der Waals surface area contributed by atoms with Crippen LogP contribution in [0.5, 0.6) is 0 Å². The van der Waals surface area contributed by atoms with Gasteiger partial charge >= 0.3 is 0 Å². The summed E-state index contributed by atoms with van der Waals surface area (Å²) < 4.78 is 36.0. The quantitative estimate of drug-likeness (QED) is 0.753. The van der Waals surface area contributed by atoms with E-state index in [1.807, 2.05) is 23.6 Å². The normalized spacial score (nSPS) is 19.8. The Bertz CT molecular complexity index is 1030. The van der Waals surface area contributed by atoms with Gasteiger partial charge in [0.05, 0.1) is 15.6 Å². The first-order valence-electron chi connectivity index (χ1n) is 7.76. The minimum Gasteiger partial charge on any atom is -0.241 e. The Hall–Kier alpha value is -2.09. The van der Waals surface area contributed by atoms with Gasteiger partial charge in [0.15, 0.2) is 0 Å². The fourth-order valence-electron chi connectivity index (χ4n) is 2.98. The van der Waals surface area contributed by atoms with Gasteiger partial charge in [-0.05, 0) is 42.2 Å². The number of sulfonamides is 1. The molecule has 1 aliphatic carbocycles. The van der Waals surface area contributed by atoms with Gasteiger partial charge in [0, 0.05) is 16.9 Å². The average molecular weight is 374 g/mol. The van der Waals surface area contributed by atoms with Crippen LogP contribution in [0.3, 0.4) is 0 Å². The van der Waals surface area contributed by atoms with Crippen LogP contribution in [-0.4, -0.2) is 13.4 Å². The zero-order valence-corrected chi connectivity index (χ0v) is 14.7. The van der Waals surface area contributed by atoms with Gasteiger partial charge in [0.1, 0.15) is 5.82 Å². The van der Waals surface area contributed by atoms with Crippen LogP contribution in [-0.2, 0) is 10.0 Å². The van der Waals surface area contributed by atoms with Crippen LogP contribution in [0, 0.1) is 5.82 Å². The number of hydrogen-bond acceptors (Lipinski definition) is 4. The lowest BCUT2D eigenvalue weighted by molar-refractivity contribution is 0.597. The van der Waals surface area contributed by atoms with Gasteiger partial charge in [0.2, 0.25) is 10.0 Å². The second-order valence-electron chi connectivity index (χ2n) is 6.14. The summed E-state index contributed by atoms with van der Waals surface area (Å²) in [6, 6.07) is 13.1. The average Bonchev–Trinajstić information content (AvgIpc) is 3.22. The second kappa shape index (κ2) is 6.01. The molecule has 25 heavy (non-hydrogen) atoms. The van der Waals surface area contributed by atoms with Crippen molar-refractivity contribution in [1.29, 1.82) is 0 Å². The van der Waals surface area contributed by atoms with Crippen molar-refractivity contribution in [3.8, 4) is 11.3 Å². The highest BCUT2D eigenvalue weighted by Crippen LogP contribution is 2.55. The second-order valence-corrected chi connectivity index (χ2v) is 8.60. The van der Waals surface area contributed by atoms with Crippen LogP contribution in [0.1, 0.15) is 28.8 Å². The third kappa shape index (κ3) is 3.35. The summed E-state index contributed by atoms with van der Waals surface area (Å²) in [4.78, 5) is 4.77. The SMILES string of the molecule is NS(=O)(=O)c1ccc([C@H]2C[C@@H]2c2nc(-c3cccc(F)c3)cs2)cc1. The number of halogens is 1. The molecule has 1 aromatic heterocycles. The summed E-state index contributed by atoms with van der Waals surface area (Å²) in [5, 5.41) is 8.10. The summed E-state index contributed by atoms with van der Waals surface area (Å²) in [5.41, 5.74) is 2.65. The van der Waals surface area contributed by atoms with Gasteiger partial charge in [0.25, 0.3) is 0 Å². The van der Waals surface area contributed by atoms with E-state index in [2.05, 4.69) is 4.98 Å². The molecule has 0 bridgehead atoms. The molecule has 1 saturated carbocycles. The number of hydrogen-bond donors (Lipinski definition) is 1. The van der Waals surface area contributed by atoms with Crippen molar-refractivity contribution in [2.45, 2.75) is 23.2 Å². The third-order valence-corrected chi connectivity index (χ3v) is 6.29. The summed E-state index contributed by atoms with van der Waals surface area (Å²) in [5.74, 6) is 0.389. The summed E-state index contributed by atoms with van der Waals surface area (Å²) in [7, 11) is -3.66. The van der Waals surface area contributed by atoms with E-state index in [9.17, 15) is 12.8 Å². The smallest absolute Gasteiger partial charge is 0.238 e. The maximum absolute atomic E-state index is 13.4. The molecule has 0 radical (unpaired) electrons. The van der Waals surface area contributed by atoms with Crippen molar-refractivity contribution < 1.29 is 12.8 Å². The standard InChI is InChI=1S/C18H15FN2O2S2/c19-13-3-1-2-12(8-13)17-10-24-18(21-17)16-9-15(16)11-4-6-14(7-5-11)25(20,22)23/h1-8,10,15-16H,9H2,(H2,20,22,23)/t15-,16+/m1/s1. The molecular formula is C18H15FN2O2S2. The molecule has 2 aromatic carbocycles. The van der Waals surface area contributed by atoms with E-state index in [4.69, 9.17) is 5.14 Å². The topological polar surface area (TPSA) is 73.1 Å². The van der Waals surface area contributed by atoms with Crippen LogP contribution in [0.25, 0.3) is 11.3 Å². The van der Waals surface area contributed by atoms with E-state index < -0.39 is 10.0 Å². The predicted octanol–water partition coefficient (Wildman–Crippen LogP) is 3.87. The maximum Gasteiger partial charge on any atom is 0.238 e. The first-order valence-corrected chi connectivity index (χ1v) is 10.2. The molecule has 4 nitrogen and oxygen atoms in total. The number of nitrogens with two attached hydrogens (primary N) is 1. The minimum absolute atomic E-state index is 0.121. The van der Waals surface area contributed by atoms with Crippen LogP contribution in [0.2, 0.25) is 0 Å². The monoisotopic (exact) mass is 374 g/mol. The van der Waals surface area contributed by atoms with Gasteiger partial charge in [-0.3, -0.25) is 0 Å². The van der Waals surface area contributed by atoms with Crippen LogP contribution in [0.4, 0.5) is 4.39 Å². The third-order valence-electron chi connectivity index (χ3n) is 4.39. The Balaban J connectivity index is 1.52. The highest BCUT2D eigenvalue weighted by Gasteiger charge is 2.41. The molecule has 2 N–H and O–H groups in total. The summed E-state index contributed by atoms with van der Waals surface area (Å²) in [6.45, 7) is 0. The molecule has 0 unspecified atom stereocenters. The Morgan fingerprint density at radius 3 is 2.56 bits per heavy atom. The lowest BCUT2D eigenvalue weighted by Crippen LogP contribution is -2.11. The van der Waals surface area contributed by atoms with Crippen LogP contribution >= 0.6 is 11.3 Å². The molecule has 0 spiro atoms. The number of rotatable bonds is 4. The van der Waals surface area contributed by atoms with Crippen molar-refractivity contribution >= 4 is 21.4 Å². The van der Waals surface area contributed by atoms with Crippen molar-refractivity contribution in [3.63, 3.8) is 0 Å². The molecule has 1 fully saturated rings. The van der Waals surface area contributed by atoms with Crippen molar-refractivity contribution in [1.82, 2.24) is 4.98 Å². The Morgan fingerprint density at radius 1 is 1.12 bits per heavy atom. The number of aromatic nitrogens is 1. The summed E-state index contributed by atoms with van der Waals surface area (Å²) >= 11 is 1.58. The number of primary sulfonamides is 1. The van der Waals surface area contributed by atoms with Crippen molar-refractivity contribution in [2.75, 3.05) is 0 Å². The molecule has 0 aliphatic heterocycles. The Labute approximate surface area is 149 Å². The molecule has 7 heteroatoms. The molecule has 2 atom stereocenters. The zero-order valence-electron chi connectivity index (χ0n) is 13.1. The lowest BCUT2D eigenvalue weighted by atomic mass is 10.1. The number of nitrogens with zero attached hydrogens (tertiary/aromatic N) is 1. The maximum atomic E-state index is 13.4. The van der Waals surface area contributed by atoms with E-state index in [-0.39, 0.29) is 10.7 Å². The van der Waals surface area contributed by atoms with Gasteiger partial charge in [-0.1, -0.05) is 24.3 Å². The van der Waals surface area contributed by atoms with Gasteiger partial charge in [-0.15, -0.1) is 11.3 Å². The number of thiazole rings is 1. The van der Waals surface area contributed by atoms with Gasteiger partial charge in [-0.25, -0.2) is 22.9 Å². The van der Waals surface area contributed by atoms with Crippen molar-refractivity contribution in [2.24, 2.45) is 5.14 Å². The predicted molar refractivity (Wildman–Crippen MR) is 95.4 cm³/mol. The zero-order chi connectivity index (χ0) is 17.6. The van der Waals surface area contributed by atoms with Gasteiger partial charge in [-0.2, -0.15) is 0 Å². The highest BCUT2D eigenvalue weighted by atomic mass is 32.2. The van der Waals surface area contributed by atoms with E-state index >= 15 is 0 Å². The first kappa shape index (κ1) is 16.4. The molecule has 128 valence electrons. The summed E-state index contributed by atoms with van der Waals surface area (Å²) in [6.07, 6.45) is 0.977. The molecule has 1 aliphatic rings. The lowest BCUT2D eigenvalue weighted by Gasteiger charge is -2.02. The van der Waals surface area contributed by atoms with Crippen LogP contribution in [0.15, 0.2) is 58.8 Å². The fourth-order valence-corrected chi connectivity index (χ4v) is 4.50. The van der Waals surface area contributed by atoms with E-state index in [1.165, 1.54) is 12.1 Å². The van der Waals surface area contributed by atoms with Crippen molar-refractivity contribution in [3.05, 3.63) is 70.3 Å². The Morgan fingerprint density at radius 2 is 1.88 bits per heavy atom.